The van der Waals surface area contributed by atoms with E-state index in [0.717, 1.165) is 0 Å². The van der Waals surface area contributed by atoms with Gasteiger partial charge in [-0.1, -0.05) is 91.8 Å². The van der Waals surface area contributed by atoms with Crippen LogP contribution in [0.25, 0.3) is 0 Å². The Bertz CT molecular complexity index is 874. The van der Waals surface area contributed by atoms with E-state index in [4.69, 9.17) is 11.5 Å². The third kappa shape index (κ3) is 4.21. The molecule has 0 atom stereocenters. The van der Waals surface area contributed by atoms with E-state index >= 15 is 0 Å². The topological polar surface area (TPSA) is 6.48 Å². The Labute approximate surface area is 201 Å². The number of halogens is 1. The quantitative estimate of drug-likeness (QED) is 0.405. The minimum atomic E-state index is -0.301. The second-order valence-corrected chi connectivity index (χ2v) is 10.8. The Morgan fingerprint density at radius 2 is 0.812 bits per heavy atom. The van der Waals surface area contributed by atoms with E-state index in [1.165, 1.54) is 45.0 Å². The van der Waals surface area contributed by atoms with Crippen LogP contribution >= 0.6 is 11.5 Å². The Morgan fingerprint density at radius 3 is 1.03 bits per heavy atom. The first-order chi connectivity index (χ1) is 15.0. The molecule has 0 saturated carbocycles. The predicted molar refractivity (Wildman–Crippen MR) is 144 cm³/mol. The molecule has 2 nitrogen and oxygen atoms in total. The van der Waals surface area contributed by atoms with E-state index in [-0.39, 0.29) is 6.40 Å². The summed E-state index contributed by atoms with van der Waals surface area (Å²) in [6, 6.07) is 13.5. The van der Waals surface area contributed by atoms with Crippen molar-refractivity contribution in [2.45, 2.75) is 92.9 Å². The lowest BCUT2D eigenvalue weighted by atomic mass is 9.86. The monoisotopic (exact) mass is 450 g/mol. The van der Waals surface area contributed by atoms with Crippen molar-refractivity contribution in [2.24, 2.45) is 0 Å². The fourth-order valence-electron chi connectivity index (χ4n) is 4.91. The van der Waals surface area contributed by atoms with Gasteiger partial charge in [0.05, 0.1) is 0 Å². The number of benzene rings is 2. The van der Waals surface area contributed by atoms with Crippen LogP contribution < -0.4 is 9.62 Å². The van der Waals surface area contributed by atoms with Crippen molar-refractivity contribution in [3.8, 4) is 0 Å². The molecule has 0 bridgehead atoms. The van der Waals surface area contributed by atoms with Crippen LogP contribution in [-0.2, 0) is 0 Å². The van der Waals surface area contributed by atoms with Crippen LogP contribution in [0.4, 0.5) is 11.4 Å². The molecule has 4 heteroatoms. The van der Waals surface area contributed by atoms with Crippen LogP contribution in [0.1, 0.15) is 115 Å². The predicted octanol–water partition coefficient (Wildman–Crippen LogP) is 8.98. The van der Waals surface area contributed by atoms with Gasteiger partial charge in [0, 0.05) is 22.8 Å². The lowest BCUT2D eigenvalue weighted by Gasteiger charge is -2.34. The van der Waals surface area contributed by atoms with E-state index in [1.54, 1.807) is 0 Å². The summed E-state index contributed by atoms with van der Waals surface area (Å²) >= 11 is 7.42. The number of hydrogen-bond acceptors (Lipinski definition) is 2. The zero-order chi connectivity index (χ0) is 23.9. The first-order valence-electron chi connectivity index (χ1n) is 12.1. The van der Waals surface area contributed by atoms with Gasteiger partial charge in [0.15, 0.2) is 0 Å². The lowest BCUT2D eigenvalue weighted by Crippen LogP contribution is -2.43. The van der Waals surface area contributed by atoms with Crippen LogP contribution in [0, 0.1) is 0 Å². The molecule has 3 rings (SSSR count). The second kappa shape index (κ2) is 9.55. The molecule has 0 amide bonds. The summed E-state index contributed by atoms with van der Waals surface area (Å²) in [6.45, 7) is 22.6. The molecule has 0 aromatic heterocycles. The number of hydrogen-bond donors (Lipinski definition) is 0. The van der Waals surface area contributed by atoms with Gasteiger partial charge in [-0.05, 0) is 59.8 Å². The standard InChI is InChI=1S/C28H40BClN2/c1-17(2)23-13-11-14-24(18(3)4)27(23)31-21(9)22(10)32(29(31)30)28-25(19(5)6)15-12-16-26(28)20(7)8/h11-20H,1-10H3. The summed E-state index contributed by atoms with van der Waals surface area (Å²) in [7, 11) is 0. The van der Waals surface area contributed by atoms with Gasteiger partial charge < -0.3 is 9.62 Å². The Balaban J connectivity index is 2.27. The van der Waals surface area contributed by atoms with Crippen molar-refractivity contribution in [1.82, 2.24) is 0 Å². The number of anilines is 2. The van der Waals surface area contributed by atoms with E-state index < -0.39 is 0 Å². The molecule has 0 saturated heterocycles. The van der Waals surface area contributed by atoms with Gasteiger partial charge in [-0.15, -0.1) is 11.5 Å². The second-order valence-electron chi connectivity index (χ2n) is 10.4. The minimum Gasteiger partial charge on any atom is -0.353 e. The van der Waals surface area contributed by atoms with Crippen molar-refractivity contribution in [3.63, 3.8) is 0 Å². The normalized spacial score (nSPS) is 14.9. The summed E-state index contributed by atoms with van der Waals surface area (Å²) in [5, 5.41) is 0. The Hall–Kier alpha value is -1.87. The molecule has 2 aromatic rings. The van der Waals surface area contributed by atoms with Crippen molar-refractivity contribution >= 4 is 29.2 Å². The number of allylic oxidation sites excluding steroid dienone is 2. The largest absolute Gasteiger partial charge is 0.494 e. The fourth-order valence-corrected chi connectivity index (χ4v) is 5.40. The Kier molecular flexibility index (Phi) is 7.39. The van der Waals surface area contributed by atoms with Crippen molar-refractivity contribution in [3.05, 3.63) is 70.0 Å². The van der Waals surface area contributed by atoms with Crippen molar-refractivity contribution < 1.29 is 0 Å². The molecule has 0 fully saturated rings. The lowest BCUT2D eigenvalue weighted by molar-refractivity contribution is 0.831. The van der Waals surface area contributed by atoms with Gasteiger partial charge in [-0.2, -0.15) is 0 Å². The zero-order valence-corrected chi connectivity index (χ0v) is 22.4. The molecule has 0 spiro atoms. The molecule has 172 valence electrons. The molecular formula is C28H40BClN2. The SMILES string of the molecule is CC1=C(C)N(c2c(C(C)C)cccc2C(C)C)B(Cl)N1c1c(C(C)C)cccc1C(C)C. The molecule has 0 unspecified atom stereocenters. The maximum absolute atomic E-state index is 7.42. The Morgan fingerprint density at radius 1 is 0.562 bits per heavy atom. The molecule has 1 heterocycles. The first kappa shape index (κ1) is 24.8. The van der Waals surface area contributed by atoms with Crippen LogP contribution in [-0.4, -0.2) is 6.40 Å². The third-order valence-corrected chi connectivity index (χ3v) is 7.23. The van der Waals surface area contributed by atoms with E-state index in [1.807, 2.05) is 0 Å². The van der Waals surface area contributed by atoms with E-state index in [0.29, 0.717) is 23.7 Å². The average Bonchev–Trinajstić information content (AvgIpc) is 2.94. The third-order valence-electron chi connectivity index (χ3n) is 6.84. The van der Waals surface area contributed by atoms with Crippen LogP contribution in [0.5, 0.6) is 0 Å². The summed E-state index contributed by atoms with van der Waals surface area (Å²) < 4.78 is 0. The molecule has 1 aliphatic rings. The maximum atomic E-state index is 7.42. The highest BCUT2D eigenvalue weighted by atomic mass is 35.5. The number of para-hydroxylation sites is 2. The van der Waals surface area contributed by atoms with Gasteiger partial charge in [0.1, 0.15) is 0 Å². The van der Waals surface area contributed by atoms with Gasteiger partial charge in [-0.3, -0.25) is 0 Å². The summed E-state index contributed by atoms with van der Waals surface area (Å²) in [4.78, 5) is 4.76. The maximum Gasteiger partial charge on any atom is 0.494 e. The smallest absolute Gasteiger partial charge is 0.353 e. The van der Waals surface area contributed by atoms with E-state index in [9.17, 15) is 0 Å². The molecule has 0 radical (unpaired) electrons. The molecule has 0 aliphatic carbocycles. The molecule has 1 aliphatic heterocycles. The fraction of sp³-hybridized carbons (Fsp3) is 0.500. The van der Waals surface area contributed by atoms with Crippen LogP contribution in [0.2, 0.25) is 0 Å². The molecule has 2 aromatic carbocycles. The summed E-state index contributed by atoms with van der Waals surface area (Å²) in [5.41, 5.74) is 10.5. The van der Waals surface area contributed by atoms with Crippen LogP contribution in [0.3, 0.4) is 0 Å². The van der Waals surface area contributed by atoms with E-state index in [2.05, 4.69) is 115 Å². The van der Waals surface area contributed by atoms with Crippen molar-refractivity contribution in [2.75, 3.05) is 9.62 Å². The molecule has 0 N–H and O–H groups in total. The first-order valence-corrected chi connectivity index (χ1v) is 12.6. The average molecular weight is 451 g/mol. The number of rotatable bonds is 6. The van der Waals surface area contributed by atoms with Gasteiger partial charge in [0.2, 0.25) is 0 Å². The highest BCUT2D eigenvalue weighted by Crippen LogP contribution is 2.46. The van der Waals surface area contributed by atoms with Gasteiger partial charge in [0.25, 0.3) is 0 Å². The highest BCUT2D eigenvalue weighted by molar-refractivity contribution is 7.12. The van der Waals surface area contributed by atoms with Gasteiger partial charge >= 0.3 is 6.40 Å². The zero-order valence-electron chi connectivity index (χ0n) is 21.6. The van der Waals surface area contributed by atoms with Gasteiger partial charge in [-0.25, -0.2) is 0 Å². The van der Waals surface area contributed by atoms with Crippen molar-refractivity contribution in [1.29, 1.82) is 0 Å². The minimum absolute atomic E-state index is 0.301. The summed E-state index contributed by atoms with van der Waals surface area (Å²) in [5.74, 6) is 1.68. The van der Waals surface area contributed by atoms with Crippen LogP contribution in [0.15, 0.2) is 47.8 Å². The molecule has 32 heavy (non-hydrogen) atoms. The molecular weight excluding hydrogens is 411 g/mol. The highest BCUT2D eigenvalue weighted by Gasteiger charge is 2.43. The summed E-state index contributed by atoms with van der Waals surface area (Å²) in [6.07, 6.45) is -0.301. The number of nitrogens with zero attached hydrogens (tertiary/aromatic N) is 2.